The summed E-state index contributed by atoms with van der Waals surface area (Å²) >= 11 is 11.9. The highest BCUT2D eigenvalue weighted by molar-refractivity contribution is 7.80. The summed E-state index contributed by atoms with van der Waals surface area (Å²) in [6.45, 7) is 2.03. The van der Waals surface area contributed by atoms with Gasteiger partial charge in [0.15, 0.2) is 5.11 Å². The molecule has 1 aliphatic rings. The molecule has 1 fully saturated rings. The fourth-order valence-corrected chi connectivity index (χ4v) is 5.15. The van der Waals surface area contributed by atoms with E-state index in [0.29, 0.717) is 10.1 Å². The van der Waals surface area contributed by atoms with Gasteiger partial charge in [-0.2, -0.15) is 0 Å². The molecule has 0 unspecified atom stereocenters. The van der Waals surface area contributed by atoms with Gasteiger partial charge in [-0.1, -0.05) is 35.9 Å². The van der Waals surface area contributed by atoms with Gasteiger partial charge in [-0.05, 0) is 104 Å². The van der Waals surface area contributed by atoms with Crippen LogP contribution < -0.4 is 15.0 Å². The Kier molecular flexibility index (Phi) is 6.58. The molecule has 6 rings (SSSR count). The van der Waals surface area contributed by atoms with Gasteiger partial charge in [-0.25, -0.2) is 0 Å². The third-order valence-electron chi connectivity index (χ3n) is 6.58. The first-order chi connectivity index (χ1) is 18.6. The van der Waals surface area contributed by atoms with Crippen molar-refractivity contribution in [2.24, 2.45) is 0 Å². The van der Waals surface area contributed by atoms with Gasteiger partial charge in [0.2, 0.25) is 0 Å². The minimum atomic E-state index is -0.249. The molecule has 1 saturated heterocycles. The van der Waals surface area contributed by atoms with E-state index in [1.54, 1.807) is 6.20 Å². The van der Waals surface area contributed by atoms with E-state index in [0.717, 1.165) is 45.5 Å². The fraction of sp³-hybridized carbons (Fsp3) is 0.0968. The van der Waals surface area contributed by atoms with Crippen molar-refractivity contribution >= 4 is 34.6 Å². The summed E-state index contributed by atoms with van der Waals surface area (Å²) in [4.78, 5) is 6.70. The monoisotopic (exact) mass is 537 g/mol. The predicted octanol–water partition coefficient (Wildman–Crippen LogP) is 8.27. The SMILES string of the molecule is Cc1ccccc1Oc1ccc(N2C(=S)N[C@@H](c3ccccn3)[C@@H]2c2ccc(-c3ccc(Cl)cc3)o2)cc1. The first-order valence-electron chi connectivity index (χ1n) is 12.3. The van der Waals surface area contributed by atoms with E-state index in [4.69, 9.17) is 33.0 Å². The maximum Gasteiger partial charge on any atom is 0.174 e. The average Bonchev–Trinajstić information content (AvgIpc) is 3.56. The van der Waals surface area contributed by atoms with Gasteiger partial charge in [-0.15, -0.1) is 0 Å². The molecular weight excluding hydrogens is 514 g/mol. The number of nitrogens with zero attached hydrogens (tertiary/aromatic N) is 2. The van der Waals surface area contributed by atoms with Gasteiger partial charge in [0.1, 0.15) is 29.1 Å². The number of halogens is 1. The van der Waals surface area contributed by atoms with Gasteiger partial charge < -0.3 is 19.4 Å². The molecule has 0 saturated carbocycles. The quantitative estimate of drug-likeness (QED) is 0.220. The zero-order chi connectivity index (χ0) is 26.1. The summed E-state index contributed by atoms with van der Waals surface area (Å²) < 4.78 is 12.5. The van der Waals surface area contributed by atoms with Crippen LogP contribution in [0.15, 0.2) is 114 Å². The number of ether oxygens (including phenoxy) is 1. The molecule has 5 nitrogen and oxygen atoms in total. The molecule has 5 aromatic rings. The number of thiocarbonyl (C=S) groups is 1. The van der Waals surface area contributed by atoms with E-state index in [1.807, 2.05) is 110 Å². The Labute approximate surface area is 231 Å². The summed E-state index contributed by atoms with van der Waals surface area (Å²) in [5.74, 6) is 3.12. The maximum absolute atomic E-state index is 6.42. The summed E-state index contributed by atoms with van der Waals surface area (Å²) in [5.41, 5.74) is 3.83. The minimum absolute atomic E-state index is 0.198. The number of hydrogen-bond acceptors (Lipinski definition) is 4. The maximum atomic E-state index is 6.42. The van der Waals surface area contributed by atoms with Crippen molar-refractivity contribution in [1.29, 1.82) is 0 Å². The normalized spacial score (nSPS) is 16.9. The summed E-state index contributed by atoms with van der Waals surface area (Å²) in [6, 6.07) is 32.9. The first kappa shape index (κ1) is 24.2. The van der Waals surface area contributed by atoms with Gasteiger partial charge in [0.25, 0.3) is 0 Å². The summed E-state index contributed by atoms with van der Waals surface area (Å²) in [6.07, 6.45) is 1.79. The lowest BCUT2D eigenvalue weighted by molar-refractivity contribution is 0.439. The number of rotatable bonds is 6. The molecule has 3 aromatic carbocycles. The number of benzene rings is 3. The number of furan rings is 1. The van der Waals surface area contributed by atoms with Crippen LogP contribution in [0.1, 0.15) is 29.1 Å². The smallest absolute Gasteiger partial charge is 0.174 e. The van der Waals surface area contributed by atoms with Crippen molar-refractivity contribution in [2.45, 2.75) is 19.0 Å². The first-order valence-corrected chi connectivity index (χ1v) is 13.1. The number of aromatic nitrogens is 1. The molecule has 0 radical (unpaired) electrons. The molecule has 2 atom stereocenters. The van der Waals surface area contributed by atoms with E-state index >= 15 is 0 Å². The summed E-state index contributed by atoms with van der Waals surface area (Å²) in [5, 5.41) is 4.75. The number of anilines is 1. The van der Waals surface area contributed by atoms with Crippen molar-refractivity contribution in [3.63, 3.8) is 0 Å². The molecule has 1 aliphatic heterocycles. The summed E-state index contributed by atoms with van der Waals surface area (Å²) in [7, 11) is 0. The molecule has 0 spiro atoms. The second kappa shape index (κ2) is 10.3. The van der Waals surface area contributed by atoms with Crippen LogP contribution in [0.5, 0.6) is 11.5 Å². The molecule has 0 amide bonds. The van der Waals surface area contributed by atoms with Gasteiger partial charge in [0, 0.05) is 22.5 Å². The van der Waals surface area contributed by atoms with E-state index in [1.165, 1.54) is 0 Å². The Bertz CT molecular complexity index is 1570. The van der Waals surface area contributed by atoms with Crippen LogP contribution in [0.2, 0.25) is 5.02 Å². The molecule has 1 N–H and O–H groups in total. The number of para-hydroxylation sites is 1. The Morgan fingerprint density at radius 3 is 2.39 bits per heavy atom. The van der Waals surface area contributed by atoms with Gasteiger partial charge in [0.05, 0.1) is 11.7 Å². The Morgan fingerprint density at radius 2 is 1.66 bits per heavy atom. The number of hydrogen-bond donors (Lipinski definition) is 1. The van der Waals surface area contributed by atoms with Gasteiger partial charge in [-0.3, -0.25) is 4.98 Å². The molecule has 3 heterocycles. The van der Waals surface area contributed by atoms with Crippen molar-refractivity contribution in [3.05, 3.63) is 131 Å². The average molecular weight is 538 g/mol. The molecule has 7 heteroatoms. The molecule has 0 aliphatic carbocycles. The minimum Gasteiger partial charge on any atom is -0.459 e. The fourth-order valence-electron chi connectivity index (χ4n) is 4.68. The number of pyridine rings is 1. The van der Waals surface area contributed by atoms with Crippen LogP contribution in [-0.2, 0) is 0 Å². The van der Waals surface area contributed by atoms with Crippen LogP contribution in [-0.4, -0.2) is 10.1 Å². The Hall–Kier alpha value is -4.13. The highest BCUT2D eigenvalue weighted by Crippen LogP contribution is 2.43. The lowest BCUT2D eigenvalue weighted by Crippen LogP contribution is -2.29. The van der Waals surface area contributed by atoms with Crippen molar-refractivity contribution in [2.75, 3.05) is 4.90 Å². The third-order valence-corrected chi connectivity index (χ3v) is 7.15. The lowest BCUT2D eigenvalue weighted by Gasteiger charge is -2.26. The Morgan fingerprint density at radius 1 is 0.895 bits per heavy atom. The second-order valence-electron chi connectivity index (χ2n) is 9.07. The van der Waals surface area contributed by atoms with E-state index in [9.17, 15) is 0 Å². The van der Waals surface area contributed by atoms with Crippen molar-refractivity contribution in [1.82, 2.24) is 10.3 Å². The number of nitrogens with one attached hydrogen (secondary N) is 1. The third kappa shape index (κ3) is 4.76. The zero-order valence-corrected chi connectivity index (χ0v) is 22.1. The van der Waals surface area contributed by atoms with E-state index in [2.05, 4.69) is 15.2 Å². The molecule has 38 heavy (non-hydrogen) atoms. The van der Waals surface area contributed by atoms with Crippen LogP contribution in [0.3, 0.4) is 0 Å². The van der Waals surface area contributed by atoms with Crippen LogP contribution >= 0.6 is 23.8 Å². The second-order valence-corrected chi connectivity index (χ2v) is 9.89. The van der Waals surface area contributed by atoms with Crippen LogP contribution in [0.25, 0.3) is 11.3 Å². The van der Waals surface area contributed by atoms with Crippen molar-refractivity contribution in [3.8, 4) is 22.8 Å². The molecular formula is C31H24ClN3O2S. The van der Waals surface area contributed by atoms with E-state index < -0.39 is 0 Å². The van der Waals surface area contributed by atoms with Crippen LogP contribution in [0.4, 0.5) is 5.69 Å². The van der Waals surface area contributed by atoms with Crippen molar-refractivity contribution < 1.29 is 9.15 Å². The number of aryl methyl sites for hydroxylation is 1. The standard InChI is InChI=1S/C31H24ClN3O2S/c1-20-6-2-3-8-26(20)36-24-15-13-23(14-16-24)35-30(29(34-31(35)38)25-7-4-5-19-33-25)28-18-17-27(37-28)21-9-11-22(32)12-10-21/h2-19,29-30H,1H3,(H,34,38)/t29-,30-/m0/s1. The van der Waals surface area contributed by atoms with Gasteiger partial charge >= 0.3 is 0 Å². The highest BCUT2D eigenvalue weighted by Gasteiger charge is 2.42. The van der Waals surface area contributed by atoms with E-state index in [-0.39, 0.29) is 12.1 Å². The predicted molar refractivity (Wildman–Crippen MR) is 155 cm³/mol. The molecule has 0 bridgehead atoms. The highest BCUT2D eigenvalue weighted by atomic mass is 35.5. The topological polar surface area (TPSA) is 50.5 Å². The zero-order valence-electron chi connectivity index (χ0n) is 20.5. The lowest BCUT2D eigenvalue weighted by atomic mass is 10.0. The molecule has 2 aromatic heterocycles. The van der Waals surface area contributed by atoms with Crippen LogP contribution in [0, 0.1) is 6.92 Å². The molecule has 188 valence electrons. The largest absolute Gasteiger partial charge is 0.459 e. The Balaban J connectivity index is 1.35.